The molecule has 7 nitrogen and oxygen atoms in total. The van der Waals surface area contributed by atoms with Gasteiger partial charge in [-0.15, -0.1) is 0 Å². The van der Waals surface area contributed by atoms with Gasteiger partial charge in [0, 0.05) is 19.3 Å². The van der Waals surface area contributed by atoms with Crippen molar-refractivity contribution >= 4 is 11.9 Å². The predicted molar refractivity (Wildman–Crippen MR) is 71.4 cm³/mol. The molecule has 0 bridgehead atoms. The Morgan fingerprint density at radius 3 is 2.35 bits per heavy atom. The number of hydrogen-bond acceptors (Lipinski definition) is 7. The fourth-order valence-corrected chi connectivity index (χ4v) is 1.70. The first kappa shape index (κ1) is 16.1. The van der Waals surface area contributed by atoms with Crippen LogP contribution in [0.25, 0.3) is 0 Å². The van der Waals surface area contributed by atoms with Gasteiger partial charge >= 0.3 is 11.9 Å². The van der Waals surface area contributed by atoms with Crippen LogP contribution < -0.4 is 5.73 Å². The third kappa shape index (κ3) is 4.94. The molecular formula is C13H19N3O4. The molecule has 1 aromatic rings. The zero-order valence-corrected chi connectivity index (χ0v) is 11.7. The van der Waals surface area contributed by atoms with Crippen LogP contribution in [-0.2, 0) is 32.2 Å². The van der Waals surface area contributed by atoms with Gasteiger partial charge in [0.1, 0.15) is 0 Å². The second kappa shape index (κ2) is 8.23. The summed E-state index contributed by atoms with van der Waals surface area (Å²) in [5, 5.41) is 0. The molecule has 0 aliphatic carbocycles. The second-order valence-electron chi connectivity index (χ2n) is 4.11. The molecule has 0 radical (unpaired) electrons. The molecule has 0 fully saturated rings. The molecule has 20 heavy (non-hydrogen) atoms. The number of nitrogens with zero attached hydrogens (tertiary/aromatic N) is 2. The largest absolute Gasteiger partial charge is 0.468 e. The third-order valence-corrected chi connectivity index (χ3v) is 2.73. The van der Waals surface area contributed by atoms with Gasteiger partial charge < -0.3 is 15.2 Å². The monoisotopic (exact) mass is 281 g/mol. The summed E-state index contributed by atoms with van der Waals surface area (Å²) in [6.45, 7) is 0.639. The summed E-state index contributed by atoms with van der Waals surface area (Å²) in [5.41, 5.74) is 7.21. The summed E-state index contributed by atoms with van der Waals surface area (Å²) >= 11 is 0. The van der Waals surface area contributed by atoms with E-state index in [9.17, 15) is 9.59 Å². The first-order valence-corrected chi connectivity index (χ1v) is 6.09. The van der Waals surface area contributed by atoms with Crippen LogP contribution in [-0.4, -0.2) is 49.1 Å². The number of rotatable bonds is 7. The van der Waals surface area contributed by atoms with Crippen molar-refractivity contribution in [3.63, 3.8) is 0 Å². The quantitative estimate of drug-likeness (QED) is 0.685. The molecule has 0 amide bonds. The van der Waals surface area contributed by atoms with Crippen LogP contribution in [0.3, 0.4) is 0 Å². The SMILES string of the molecule is COC(=O)CN(CC(=O)OC)Cc1cccnc1CN. The predicted octanol–water partition coefficient (Wildman–Crippen LogP) is -0.312. The maximum Gasteiger partial charge on any atom is 0.319 e. The molecule has 110 valence electrons. The topological polar surface area (TPSA) is 94.8 Å². The van der Waals surface area contributed by atoms with Crippen molar-refractivity contribution < 1.29 is 19.1 Å². The highest BCUT2D eigenvalue weighted by Crippen LogP contribution is 2.09. The van der Waals surface area contributed by atoms with Crippen LogP contribution in [0.2, 0.25) is 0 Å². The number of ether oxygens (including phenoxy) is 2. The van der Waals surface area contributed by atoms with E-state index in [1.54, 1.807) is 17.2 Å². The second-order valence-corrected chi connectivity index (χ2v) is 4.11. The highest BCUT2D eigenvalue weighted by Gasteiger charge is 2.17. The Bertz CT molecular complexity index is 447. The molecule has 1 aromatic heterocycles. The van der Waals surface area contributed by atoms with E-state index in [1.807, 2.05) is 6.07 Å². The van der Waals surface area contributed by atoms with Crippen LogP contribution in [0.1, 0.15) is 11.3 Å². The van der Waals surface area contributed by atoms with Gasteiger partial charge in [0.25, 0.3) is 0 Å². The number of esters is 2. The maximum atomic E-state index is 11.4. The van der Waals surface area contributed by atoms with Crippen molar-refractivity contribution in [1.82, 2.24) is 9.88 Å². The first-order chi connectivity index (χ1) is 9.60. The van der Waals surface area contributed by atoms with Crippen LogP contribution in [0.15, 0.2) is 18.3 Å². The van der Waals surface area contributed by atoms with Crippen molar-refractivity contribution in [3.05, 3.63) is 29.6 Å². The van der Waals surface area contributed by atoms with E-state index in [4.69, 9.17) is 5.73 Å². The van der Waals surface area contributed by atoms with Crippen LogP contribution in [0.5, 0.6) is 0 Å². The highest BCUT2D eigenvalue weighted by molar-refractivity contribution is 5.74. The summed E-state index contributed by atoms with van der Waals surface area (Å²) in [6, 6.07) is 3.64. The molecule has 0 aromatic carbocycles. The number of hydrogen-bond donors (Lipinski definition) is 1. The number of pyridine rings is 1. The van der Waals surface area contributed by atoms with Gasteiger partial charge in [0.2, 0.25) is 0 Å². The minimum atomic E-state index is -0.424. The lowest BCUT2D eigenvalue weighted by atomic mass is 10.1. The average Bonchev–Trinajstić information content (AvgIpc) is 2.47. The molecule has 2 N–H and O–H groups in total. The zero-order chi connectivity index (χ0) is 15.0. The number of aromatic nitrogens is 1. The summed E-state index contributed by atoms with van der Waals surface area (Å²) in [6.07, 6.45) is 1.65. The Labute approximate surface area is 117 Å². The lowest BCUT2D eigenvalue weighted by Crippen LogP contribution is -2.35. The van der Waals surface area contributed by atoms with E-state index in [1.165, 1.54) is 14.2 Å². The lowest BCUT2D eigenvalue weighted by Gasteiger charge is -2.20. The number of carbonyl (C=O) groups excluding carboxylic acids is 2. The summed E-state index contributed by atoms with van der Waals surface area (Å²) in [4.78, 5) is 28.5. The van der Waals surface area contributed by atoms with Crippen molar-refractivity contribution in [3.8, 4) is 0 Å². The Morgan fingerprint density at radius 2 is 1.85 bits per heavy atom. The molecular weight excluding hydrogens is 262 g/mol. The van der Waals surface area contributed by atoms with Crippen molar-refractivity contribution in [2.45, 2.75) is 13.1 Å². The van der Waals surface area contributed by atoms with E-state index in [0.717, 1.165) is 11.3 Å². The lowest BCUT2D eigenvalue weighted by molar-refractivity contribution is -0.145. The van der Waals surface area contributed by atoms with E-state index < -0.39 is 11.9 Å². The van der Waals surface area contributed by atoms with Crippen LogP contribution in [0.4, 0.5) is 0 Å². The van der Waals surface area contributed by atoms with Crippen LogP contribution >= 0.6 is 0 Å². The minimum Gasteiger partial charge on any atom is -0.468 e. The first-order valence-electron chi connectivity index (χ1n) is 6.09. The van der Waals surface area contributed by atoms with E-state index in [0.29, 0.717) is 13.1 Å². The number of nitrogens with two attached hydrogens (primary N) is 1. The number of carbonyl (C=O) groups is 2. The van der Waals surface area contributed by atoms with Gasteiger partial charge in [0.05, 0.1) is 33.0 Å². The Morgan fingerprint density at radius 1 is 1.25 bits per heavy atom. The van der Waals surface area contributed by atoms with Gasteiger partial charge in [-0.25, -0.2) is 0 Å². The molecule has 0 saturated carbocycles. The van der Waals surface area contributed by atoms with Crippen LogP contribution in [0, 0.1) is 0 Å². The molecule has 0 saturated heterocycles. The Balaban J connectivity index is 2.81. The molecule has 0 atom stereocenters. The normalized spacial score (nSPS) is 10.4. The van der Waals surface area contributed by atoms with E-state index in [-0.39, 0.29) is 13.1 Å². The van der Waals surface area contributed by atoms with Crippen molar-refractivity contribution in [1.29, 1.82) is 0 Å². The zero-order valence-electron chi connectivity index (χ0n) is 11.7. The maximum absolute atomic E-state index is 11.4. The third-order valence-electron chi connectivity index (χ3n) is 2.73. The summed E-state index contributed by atoms with van der Waals surface area (Å²) in [5.74, 6) is -0.848. The molecule has 1 rings (SSSR count). The standard InChI is InChI=1S/C13H19N3O4/c1-19-12(17)8-16(9-13(18)20-2)7-10-4-3-5-15-11(10)6-14/h3-5H,6-9,14H2,1-2H3. The van der Waals surface area contributed by atoms with Gasteiger partial charge in [-0.05, 0) is 11.6 Å². The van der Waals surface area contributed by atoms with Gasteiger partial charge in [-0.1, -0.05) is 6.07 Å². The van der Waals surface area contributed by atoms with E-state index in [2.05, 4.69) is 14.5 Å². The molecule has 7 heteroatoms. The minimum absolute atomic E-state index is 0.00942. The van der Waals surface area contributed by atoms with Gasteiger partial charge in [-0.3, -0.25) is 19.5 Å². The van der Waals surface area contributed by atoms with Crippen molar-refractivity contribution in [2.75, 3.05) is 27.3 Å². The Hall–Kier alpha value is -1.99. The highest BCUT2D eigenvalue weighted by atomic mass is 16.5. The fourth-order valence-electron chi connectivity index (χ4n) is 1.70. The average molecular weight is 281 g/mol. The number of methoxy groups -OCH3 is 2. The van der Waals surface area contributed by atoms with E-state index >= 15 is 0 Å². The fraction of sp³-hybridized carbons (Fsp3) is 0.462. The van der Waals surface area contributed by atoms with Gasteiger partial charge in [-0.2, -0.15) is 0 Å². The smallest absolute Gasteiger partial charge is 0.319 e. The Kier molecular flexibility index (Phi) is 6.61. The summed E-state index contributed by atoms with van der Waals surface area (Å²) < 4.78 is 9.23. The van der Waals surface area contributed by atoms with Gasteiger partial charge in [0.15, 0.2) is 0 Å². The molecule has 0 unspecified atom stereocenters. The van der Waals surface area contributed by atoms with Crippen molar-refractivity contribution in [2.24, 2.45) is 5.73 Å². The molecule has 0 aliphatic heterocycles. The molecule has 0 spiro atoms. The molecule has 1 heterocycles. The summed E-state index contributed by atoms with van der Waals surface area (Å²) in [7, 11) is 2.60. The molecule has 0 aliphatic rings.